The van der Waals surface area contributed by atoms with Gasteiger partial charge in [0, 0.05) is 12.6 Å². The lowest BCUT2D eigenvalue weighted by Crippen LogP contribution is -2.29. The fraction of sp³-hybridized carbons (Fsp3) is 0.158. The number of oxime groups is 1. The van der Waals surface area contributed by atoms with Gasteiger partial charge in [-0.1, -0.05) is 41.6 Å². The van der Waals surface area contributed by atoms with Crippen LogP contribution >= 0.6 is 31.9 Å². The van der Waals surface area contributed by atoms with Crippen LogP contribution < -0.4 is 10.1 Å². The summed E-state index contributed by atoms with van der Waals surface area (Å²) in [6.45, 7) is 0.290. The van der Waals surface area contributed by atoms with E-state index in [1.165, 1.54) is 7.11 Å². The zero-order valence-corrected chi connectivity index (χ0v) is 17.5. The first-order valence-electron chi connectivity index (χ1n) is 7.72. The summed E-state index contributed by atoms with van der Waals surface area (Å²) < 4.78 is 6.76. The van der Waals surface area contributed by atoms with Crippen LogP contribution in [0.2, 0.25) is 0 Å². The monoisotopic (exact) mass is 480 g/mol. The van der Waals surface area contributed by atoms with Crippen LogP contribution in [0, 0.1) is 0 Å². The van der Waals surface area contributed by atoms with E-state index in [4.69, 9.17) is 9.57 Å². The van der Waals surface area contributed by atoms with Gasteiger partial charge < -0.3 is 14.9 Å². The number of carbonyl (C=O) groups is 1. The van der Waals surface area contributed by atoms with Crippen LogP contribution in [0.1, 0.15) is 16.7 Å². The van der Waals surface area contributed by atoms with Crippen molar-refractivity contribution in [1.82, 2.24) is 5.32 Å². The zero-order chi connectivity index (χ0) is 18.9. The third-order valence-electron chi connectivity index (χ3n) is 3.43. The Labute approximate surface area is 169 Å². The number of nitrogens with zero attached hydrogens (tertiary/aromatic N) is 1. The summed E-state index contributed by atoms with van der Waals surface area (Å²) in [4.78, 5) is 16.9. The molecule has 0 aliphatic heterocycles. The van der Waals surface area contributed by atoms with E-state index in [2.05, 4.69) is 42.3 Å². The lowest BCUT2D eigenvalue weighted by molar-refractivity contribution is -0.114. The van der Waals surface area contributed by atoms with Gasteiger partial charge >= 0.3 is 0 Å². The molecule has 5 nitrogen and oxygen atoms in total. The predicted octanol–water partition coefficient (Wildman–Crippen LogP) is 4.45. The molecule has 26 heavy (non-hydrogen) atoms. The van der Waals surface area contributed by atoms with Gasteiger partial charge in [-0.3, -0.25) is 4.79 Å². The van der Waals surface area contributed by atoms with Crippen LogP contribution in [-0.2, 0) is 16.2 Å². The molecule has 0 aliphatic carbocycles. The summed E-state index contributed by atoms with van der Waals surface area (Å²) in [6, 6.07) is 15.1. The standard InChI is InChI=1S/C19H18Br2N2O3/c1-22-19(24)18(23-25-2)16-9-4-3-7-14(16)12-26-15-8-5-6-13(10-15)11-17(20)21/h3-11H,12H2,1-2H3,(H,22,24). The van der Waals surface area contributed by atoms with E-state index in [0.29, 0.717) is 12.2 Å². The fourth-order valence-corrected chi connectivity index (χ4v) is 2.81. The second-order valence-electron chi connectivity index (χ2n) is 5.15. The summed E-state index contributed by atoms with van der Waals surface area (Å²) in [5, 5.41) is 6.43. The van der Waals surface area contributed by atoms with Crippen molar-refractivity contribution in [3.05, 3.63) is 68.6 Å². The molecule has 0 aromatic heterocycles. The minimum atomic E-state index is -0.325. The quantitative estimate of drug-likeness (QED) is 0.469. The number of amides is 1. The maximum Gasteiger partial charge on any atom is 0.273 e. The average molecular weight is 482 g/mol. The first kappa shape index (κ1) is 20.2. The van der Waals surface area contributed by atoms with Gasteiger partial charge in [-0.05, 0) is 61.2 Å². The van der Waals surface area contributed by atoms with Crippen molar-refractivity contribution >= 4 is 49.6 Å². The molecule has 0 saturated carbocycles. The molecule has 1 amide bonds. The highest BCUT2D eigenvalue weighted by Gasteiger charge is 2.17. The minimum Gasteiger partial charge on any atom is -0.489 e. The fourth-order valence-electron chi connectivity index (χ4n) is 2.28. The number of ether oxygens (including phenoxy) is 1. The van der Waals surface area contributed by atoms with Gasteiger partial charge in [0.05, 0.1) is 3.39 Å². The van der Waals surface area contributed by atoms with E-state index in [1.54, 1.807) is 7.05 Å². The Morgan fingerprint density at radius 2 is 1.96 bits per heavy atom. The van der Waals surface area contributed by atoms with Gasteiger partial charge in [-0.25, -0.2) is 0 Å². The Morgan fingerprint density at radius 1 is 1.19 bits per heavy atom. The highest BCUT2D eigenvalue weighted by Crippen LogP contribution is 2.22. The Balaban J connectivity index is 2.25. The number of rotatable bonds is 7. The smallest absolute Gasteiger partial charge is 0.273 e. The van der Waals surface area contributed by atoms with Crippen LogP contribution in [0.15, 0.2) is 57.1 Å². The second kappa shape index (κ2) is 10.1. The van der Waals surface area contributed by atoms with Crippen molar-refractivity contribution in [2.24, 2.45) is 5.16 Å². The van der Waals surface area contributed by atoms with Crippen LogP contribution in [0.25, 0.3) is 6.08 Å². The van der Waals surface area contributed by atoms with Crippen molar-refractivity contribution in [3.8, 4) is 5.75 Å². The summed E-state index contributed by atoms with van der Waals surface area (Å²) in [6.07, 6.45) is 1.93. The summed E-state index contributed by atoms with van der Waals surface area (Å²) in [5.41, 5.74) is 2.68. The molecule has 1 N–H and O–H groups in total. The van der Waals surface area contributed by atoms with E-state index in [9.17, 15) is 4.79 Å². The Morgan fingerprint density at radius 3 is 2.65 bits per heavy atom. The molecule has 136 valence electrons. The molecule has 0 bridgehead atoms. The van der Waals surface area contributed by atoms with E-state index >= 15 is 0 Å². The maximum atomic E-state index is 12.1. The SMILES string of the molecule is CNC(=O)C(=NOC)c1ccccc1COc1cccc(C=C(Br)Br)c1. The van der Waals surface area contributed by atoms with Crippen molar-refractivity contribution in [2.75, 3.05) is 14.2 Å². The van der Waals surface area contributed by atoms with Crippen molar-refractivity contribution in [2.45, 2.75) is 6.61 Å². The van der Waals surface area contributed by atoms with Crippen LogP contribution in [-0.4, -0.2) is 25.8 Å². The summed E-state index contributed by atoms with van der Waals surface area (Å²) in [7, 11) is 2.96. The molecule has 0 heterocycles. The normalized spacial score (nSPS) is 10.8. The summed E-state index contributed by atoms with van der Waals surface area (Å²) in [5.74, 6) is 0.397. The van der Waals surface area contributed by atoms with Gasteiger partial charge in [0.25, 0.3) is 5.91 Å². The van der Waals surface area contributed by atoms with Gasteiger partial charge in [0.2, 0.25) is 0 Å². The Hall–Kier alpha value is -2.12. The van der Waals surface area contributed by atoms with E-state index in [1.807, 2.05) is 54.6 Å². The van der Waals surface area contributed by atoms with Gasteiger partial charge in [-0.2, -0.15) is 0 Å². The number of halogens is 2. The molecule has 2 rings (SSSR count). The van der Waals surface area contributed by atoms with E-state index in [-0.39, 0.29) is 11.6 Å². The van der Waals surface area contributed by atoms with Crippen molar-refractivity contribution in [1.29, 1.82) is 0 Å². The van der Waals surface area contributed by atoms with Gasteiger partial charge in [0.15, 0.2) is 5.71 Å². The molecule has 0 fully saturated rings. The molecule has 0 atom stereocenters. The molecular weight excluding hydrogens is 464 g/mol. The van der Waals surface area contributed by atoms with E-state index in [0.717, 1.165) is 20.3 Å². The molecule has 2 aromatic rings. The largest absolute Gasteiger partial charge is 0.489 e. The Kier molecular flexibility index (Phi) is 7.87. The second-order valence-corrected chi connectivity index (χ2v) is 7.93. The summed E-state index contributed by atoms with van der Waals surface area (Å²) >= 11 is 6.69. The predicted molar refractivity (Wildman–Crippen MR) is 111 cm³/mol. The van der Waals surface area contributed by atoms with Crippen molar-refractivity contribution < 1.29 is 14.4 Å². The lowest BCUT2D eigenvalue weighted by Gasteiger charge is -2.12. The Bertz CT molecular complexity index is 831. The first-order valence-corrected chi connectivity index (χ1v) is 9.30. The molecule has 0 aliphatic rings. The van der Waals surface area contributed by atoms with Gasteiger partial charge in [-0.15, -0.1) is 0 Å². The van der Waals surface area contributed by atoms with Crippen LogP contribution in [0.3, 0.4) is 0 Å². The number of likely N-dealkylation sites (N-methyl/N-ethyl adjacent to an activating group) is 1. The number of hydrogen-bond donors (Lipinski definition) is 1. The molecule has 0 spiro atoms. The van der Waals surface area contributed by atoms with Crippen molar-refractivity contribution in [3.63, 3.8) is 0 Å². The highest BCUT2D eigenvalue weighted by molar-refractivity contribution is 9.28. The number of carbonyl (C=O) groups excluding carboxylic acids is 1. The highest BCUT2D eigenvalue weighted by atomic mass is 79.9. The van der Waals surface area contributed by atoms with E-state index < -0.39 is 0 Å². The molecule has 7 heteroatoms. The average Bonchev–Trinajstić information content (AvgIpc) is 2.64. The zero-order valence-electron chi connectivity index (χ0n) is 14.3. The topological polar surface area (TPSA) is 59.9 Å². The number of hydrogen-bond acceptors (Lipinski definition) is 4. The molecule has 0 radical (unpaired) electrons. The molecule has 2 aromatic carbocycles. The third-order valence-corrected chi connectivity index (χ3v) is 3.88. The van der Waals surface area contributed by atoms with Crippen LogP contribution in [0.4, 0.5) is 0 Å². The maximum absolute atomic E-state index is 12.1. The number of nitrogens with one attached hydrogen (secondary N) is 1. The first-order chi connectivity index (χ1) is 12.5. The minimum absolute atomic E-state index is 0.203. The lowest BCUT2D eigenvalue weighted by atomic mass is 10.0. The third kappa shape index (κ3) is 5.71. The number of benzene rings is 2. The molecule has 0 unspecified atom stereocenters. The van der Waals surface area contributed by atoms with Crippen LogP contribution in [0.5, 0.6) is 5.75 Å². The van der Waals surface area contributed by atoms with Gasteiger partial charge in [0.1, 0.15) is 19.5 Å². The molecular formula is C19H18Br2N2O3. The molecule has 0 saturated heterocycles.